The second kappa shape index (κ2) is 6.10. The smallest absolute Gasteiger partial charge is 0.367 e. The van der Waals surface area contributed by atoms with E-state index in [1.807, 2.05) is 6.92 Å². The van der Waals surface area contributed by atoms with Crippen molar-refractivity contribution in [1.82, 2.24) is 0 Å². The average molecular weight is 277 g/mol. The third kappa shape index (κ3) is 2.74. The molecular formula is C14H15NO5. The molecule has 0 N–H and O–H groups in total. The Bertz CT molecular complexity index is 577. The minimum atomic E-state index is -0.550. The summed E-state index contributed by atoms with van der Waals surface area (Å²) in [5.74, 6) is 0.779. The lowest BCUT2D eigenvalue weighted by molar-refractivity contribution is -0.130. The van der Waals surface area contributed by atoms with Gasteiger partial charge in [-0.1, -0.05) is 0 Å². The summed E-state index contributed by atoms with van der Waals surface area (Å²) < 4.78 is 20.5. The largest absolute Gasteiger partial charge is 0.499 e. The summed E-state index contributed by atoms with van der Waals surface area (Å²) in [5, 5.41) is 0. The number of ether oxygens (including phenoxy) is 4. The van der Waals surface area contributed by atoms with Gasteiger partial charge in [-0.15, -0.1) is 0 Å². The normalized spacial score (nSPS) is 15.8. The predicted octanol–water partition coefficient (Wildman–Crippen LogP) is 1.89. The Morgan fingerprint density at radius 2 is 2.10 bits per heavy atom. The van der Waals surface area contributed by atoms with Gasteiger partial charge in [-0.3, -0.25) is 0 Å². The quantitative estimate of drug-likeness (QED) is 0.467. The summed E-state index contributed by atoms with van der Waals surface area (Å²) >= 11 is 0. The standard InChI is InChI=1S/C14H15NO5/c1-4-19-8-11-14(16)20-13(15-11)10-6-5-9(17-2)7-12(10)18-3/h5-8H,4H2,1-3H3. The van der Waals surface area contributed by atoms with Crippen LogP contribution in [0.2, 0.25) is 0 Å². The van der Waals surface area contributed by atoms with Gasteiger partial charge in [0.25, 0.3) is 0 Å². The van der Waals surface area contributed by atoms with Crippen LogP contribution in [-0.4, -0.2) is 32.7 Å². The number of carbonyl (C=O) groups excluding carboxylic acids is 1. The maximum absolute atomic E-state index is 11.6. The average Bonchev–Trinajstić information content (AvgIpc) is 2.85. The van der Waals surface area contributed by atoms with Crippen LogP contribution in [0.25, 0.3) is 0 Å². The predicted molar refractivity (Wildman–Crippen MR) is 71.9 cm³/mol. The Labute approximate surface area is 116 Å². The number of rotatable bonds is 5. The van der Waals surface area contributed by atoms with E-state index >= 15 is 0 Å². The number of nitrogens with zero attached hydrogens (tertiary/aromatic N) is 1. The van der Waals surface area contributed by atoms with Crippen LogP contribution >= 0.6 is 0 Å². The molecule has 1 aliphatic heterocycles. The number of methoxy groups -OCH3 is 2. The number of aliphatic imine (C=N–C) groups is 1. The van der Waals surface area contributed by atoms with Crippen molar-refractivity contribution in [3.8, 4) is 11.5 Å². The zero-order chi connectivity index (χ0) is 14.5. The first-order valence-electron chi connectivity index (χ1n) is 6.04. The SMILES string of the molecule is CCOC=C1N=C(c2ccc(OC)cc2OC)OC1=O. The van der Waals surface area contributed by atoms with Crippen LogP contribution in [0.3, 0.4) is 0 Å². The maximum Gasteiger partial charge on any atom is 0.367 e. The lowest BCUT2D eigenvalue weighted by Crippen LogP contribution is -2.07. The van der Waals surface area contributed by atoms with Crippen LogP contribution in [0.1, 0.15) is 12.5 Å². The molecule has 6 heteroatoms. The summed E-state index contributed by atoms with van der Waals surface area (Å²) in [4.78, 5) is 15.7. The molecule has 0 spiro atoms. The second-order valence-corrected chi connectivity index (χ2v) is 3.83. The summed E-state index contributed by atoms with van der Waals surface area (Å²) in [5.41, 5.74) is 0.696. The van der Waals surface area contributed by atoms with Gasteiger partial charge in [-0.25, -0.2) is 9.79 Å². The van der Waals surface area contributed by atoms with E-state index in [0.717, 1.165) is 0 Å². The fourth-order valence-corrected chi connectivity index (χ4v) is 1.65. The molecular weight excluding hydrogens is 262 g/mol. The van der Waals surface area contributed by atoms with Gasteiger partial charge in [0, 0.05) is 6.07 Å². The van der Waals surface area contributed by atoms with E-state index in [2.05, 4.69) is 4.99 Å². The number of benzene rings is 1. The lowest BCUT2D eigenvalue weighted by atomic mass is 10.2. The fraction of sp³-hybridized carbons (Fsp3) is 0.286. The number of cyclic esters (lactones) is 1. The molecule has 106 valence electrons. The highest BCUT2D eigenvalue weighted by Gasteiger charge is 2.26. The monoisotopic (exact) mass is 277 g/mol. The van der Waals surface area contributed by atoms with Crippen molar-refractivity contribution >= 4 is 11.9 Å². The molecule has 1 heterocycles. The number of hydrogen-bond donors (Lipinski definition) is 0. The molecule has 0 radical (unpaired) electrons. The third-order valence-electron chi connectivity index (χ3n) is 2.62. The summed E-state index contributed by atoms with van der Waals surface area (Å²) in [6, 6.07) is 5.14. The maximum atomic E-state index is 11.6. The van der Waals surface area contributed by atoms with Crippen molar-refractivity contribution in [2.75, 3.05) is 20.8 Å². The summed E-state index contributed by atoms with van der Waals surface area (Å²) in [6.07, 6.45) is 1.28. The first-order valence-corrected chi connectivity index (χ1v) is 6.04. The topological polar surface area (TPSA) is 66.3 Å². The Hall–Kier alpha value is -2.50. The van der Waals surface area contributed by atoms with E-state index in [-0.39, 0.29) is 11.6 Å². The van der Waals surface area contributed by atoms with E-state index in [4.69, 9.17) is 18.9 Å². The van der Waals surface area contributed by atoms with Crippen LogP contribution in [0.15, 0.2) is 35.2 Å². The highest BCUT2D eigenvalue weighted by Crippen LogP contribution is 2.28. The first kappa shape index (κ1) is 13.9. The highest BCUT2D eigenvalue weighted by atomic mass is 16.6. The zero-order valence-electron chi connectivity index (χ0n) is 11.5. The summed E-state index contributed by atoms with van der Waals surface area (Å²) in [6.45, 7) is 2.27. The van der Waals surface area contributed by atoms with E-state index in [1.165, 1.54) is 13.4 Å². The van der Waals surface area contributed by atoms with Crippen molar-refractivity contribution < 1.29 is 23.7 Å². The molecule has 0 saturated heterocycles. The molecule has 0 unspecified atom stereocenters. The highest BCUT2D eigenvalue weighted by molar-refractivity contribution is 6.12. The Balaban J connectivity index is 2.35. The van der Waals surface area contributed by atoms with Gasteiger partial charge >= 0.3 is 5.97 Å². The van der Waals surface area contributed by atoms with Crippen molar-refractivity contribution in [2.24, 2.45) is 4.99 Å². The molecule has 0 bridgehead atoms. The minimum absolute atomic E-state index is 0.125. The van der Waals surface area contributed by atoms with Gasteiger partial charge in [-0.05, 0) is 19.1 Å². The number of esters is 1. The zero-order valence-corrected chi connectivity index (χ0v) is 11.5. The van der Waals surface area contributed by atoms with Crippen LogP contribution < -0.4 is 9.47 Å². The Morgan fingerprint density at radius 1 is 1.30 bits per heavy atom. The lowest BCUT2D eigenvalue weighted by Gasteiger charge is -2.08. The van der Waals surface area contributed by atoms with Gasteiger partial charge < -0.3 is 18.9 Å². The molecule has 1 aromatic carbocycles. The van der Waals surface area contributed by atoms with E-state index in [9.17, 15) is 4.79 Å². The van der Waals surface area contributed by atoms with Crippen molar-refractivity contribution in [1.29, 1.82) is 0 Å². The molecule has 0 aromatic heterocycles. The molecule has 0 fully saturated rings. The summed E-state index contributed by atoms with van der Waals surface area (Å²) in [7, 11) is 3.08. The molecule has 0 saturated carbocycles. The van der Waals surface area contributed by atoms with Gasteiger partial charge in [0.05, 0.1) is 26.4 Å². The number of carbonyl (C=O) groups is 1. The number of hydrogen-bond acceptors (Lipinski definition) is 6. The van der Waals surface area contributed by atoms with Gasteiger partial charge in [0.2, 0.25) is 5.90 Å². The minimum Gasteiger partial charge on any atom is -0.499 e. The molecule has 0 amide bonds. The van der Waals surface area contributed by atoms with Crippen LogP contribution in [-0.2, 0) is 14.3 Å². The second-order valence-electron chi connectivity index (χ2n) is 3.83. The van der Waals surface area contributed by atoms with Crippen molar-refractivity contribution in [3.05, 3.63) is 35.7 Å². The fourth-order valence-electron chi connectivity index (χ4n) is 1.65. The molecule has 6 nitrogen and oxygen atoms in total. The molecule has 0 atom stereocenters. The Morgan fingerprint density at radius 3 is 2.75 bits per heavy atom. The first-order chi connectivity index (χ1) is 9.69. The van der Waals surface area contributed by atoms with Crippen molar-refractivity contribution in [2.45, 2.75) is 6.92 Å². The molecule has 0 aliphatic carbocycles. The van der Waals surface area contributed by atoms with Gasteiger partial charge in [0.1, 0.15) is 17.8 Å². The van der Waals surface area contributed by atoms with Crippen LogP contribution in [0.5, 0.6) is 11.5 Å². The van der Waals surface area contributed by atoms with Gasteiger partial charge in [0.15, 0.2) is 5.70 Å². The molecule has 1 aliphatic rings. The van der Waals surface area contributed by atoms with E-state index in [1.54, 1.807) is 25.3 Å². The molecule has 20 heavy (non-hydrogen) atoms. The molecule has 2 rings (SSSR count). The van der Waals surface area contributed by atoms with E-state index < -0.39 is 5.97 Å². The Kier molecular flexibility index (Phi) is 4.24. The van der Waals surface area contributed by atoms with Crippen LogP contribution in [0.4, 0.5) is 0 Å². The molecule has 1 aromatic rings. The van der Waals surface area contributed by atoms with Gasteiger partial charge in [-0.2, -0.15) is 0 Å². The third-order valence-corrected chi connectivity index (χ3v) is 2.62. The van der Waals surface area contributed by atoms with Crippen molar-refractivity contribution in [3.63, 3.8) is 0 Å². The van der Waals surface area contributed by atoms with Crippen LogP contribution in [0, 0.1) is 0 Å². The van der Waals surface area contributed by atoms with E-state index in [0.29, 0.717) is 23.7 Å².